The van der Waals surface area contributed by atoms with E-state index in [0.717, 1.165) is 12.1 Å². The average Bonchev–Trinajstić information content (AvgIpc) is 2.48. The molecule has 10 heteroatoms. The molecule has 0 aliphatic carbocycles. The molecule has 0 bridgehead atoms. The Morgan fingerprint density at radius 1 is 0.818 bits per heavy atom. The van der Waals surface area contributed by atoms with Gasteiger partial charge in [-0.2, -0.15) is 0 Å². The van der Waals surface area contributed by atoms with Crippen LogP contribution in [-0.4, -0.2) is 18.3 Å². The molecule has 0 aliphatic heterocycles. The van der Waals surface area contributed by atoms with Gasteiger partial charge in [-0.1, -0.05) is 30.3 Å². The molecule has 22 heavy (non-hydrogen) atoms. The predicted molar refractivity (Wildman–Crippen MR) is 79.2 cm³/mol. The third-order valence-electron chi connectivity index (χ3n) is 2.29. The van der Waals surface area contributed by atoms with Gasteiger partial charge >= 0.3 is 0 Å². The molecule has 0 atom stereocenters. The van der Waals surface area contributed by atoms with Crippen molar-refractivity contribution < 1.29 is 18.3 Å². The molecule has 0 aliphatic rings. The summed E-state index contributed by atoms with van der Waals surface area (Å²) < 4.78 is 21.6. The zero-order valence-electron chi connectivity index (χ0n) is 10.8. The summed E-state index contributed by atoms with van der Waals surface area (Å²) in [6.07, 6.45) is 0. The molecule has 116 valence electrons. The summed E-state index contributed by atoms with van der Waals surface area (Å²) in [6.45, 7) is 0. The standard InChI is InChI=1S/C6H4ClNO4S.C6H5NO2/c7-13(11,12)6-4-2-1-3-5(6)8(9)10;8-7(9)6-4-2-1-3-5-6/h1-4H;1-5H. The van der Waals surface area contributed by atoms with E-state index in [0.29, 0.717) is 0 Å². The molecule has 2 rings (SSSR count). The van der Waals surface area contributed by atoms with E-state index in [2.05, 4.69) is 0 Å². The van der Waals surface area contributed by atoms with Gasteiger partial charge in [0.25, 0.3) is 20.4 Å². The Labute approximate surface area is 129 Å². The van der Waals surface area contributed by atoms with E-state index in [1.807, 2.05) is 0 Å². The highest BCUT2D eigenvalue weighted by Crippen LogP contribution is 2.25. The van der Waals surface area contributed by atoms with Gasteiger partial charge in [0.05, 0.1) is 9.85 Å². The summed E-state index contributed by atoms with van der Waals surface area (Å²) in [5.74, 6) is 0. The van der Waals surface area contributed by atoms with Gasteiger partial charge in [0.15, 0.2) is 4.90 Å². The largest absolute Gasteiger partial charge is 0.289 e. The number of rotatable bonds is 3. The molecule has 2 aromatic carbocycles. The lowest BCUT2D eigenvalue weighted by Gasteiger charge is -1.96. The van der Waals surface area contributed by atoms with Crippen LogP contribution >= 0.6 is 10.7 Å². The third-order valence-corrected chi connectivity index (χ3v) is 3.66. The molecule has 2 aromatic rings. The predicted octanol–water partition coefficient (Wildman–Crippen LogP) is 3.12. The fraction of sp³-hybridized carbons (Fsp3) is 0. The van der Waals surface area contributed by atoms with Crippen molar-refractivity contribution in [3.8, 4) is 0 Å². The van der Waals surface area contributed by atoms with E-state index in [1.54, 1.807) is 18.2 Å². The molecule has 0 fully saturated rings. The highest BCUT2D eigenvalue weighted by molar-refractivity contribution is 8.13. The maximum absolute atomic E-state index is 10.8. The first-order valence-corrected chi connectivity index (χ1v) is 7.92. The van der Waals surface area contributed by atoms with Crippen LogP contribution in [0.1, 0.15) is 0 Å². The summed E-state index contributed by atoms with van der Waals surface area (Å²) in [6, 6.07) is 12.8. The quantitative estimate of drug-likeness (QED) is 0.479. The number of halogens is 1. The van der Waals surface area contributed by atoms with Gasteiger partial charge in [-0.05, 0) is 6.07 Å². The Kier molecular flexibility index (Phi) is 5.96. The van der Waals surface area contributed by atoms with Gasteiger partial charge in [0.1, 0.15) is 0 Å². The zero-order valence-corrected chi connectivity index (χ0v) is 12.4. The van der Waals surface area contributed by atoms with Crippen LogP contribution < -0.4 is 0 Å². The van der Waals surface area contributed by atoms with Crippen LogP contribution in [0.15, 0.2) is 59.5 Å². The smallest absolute Gasteiger partial charge is 0.258 e. The fourth-order valence-corrected chi connectivity index (χ4v) is 2.39. The Morgan fingerprint density at radius 3 is 1.68 bits per heavy atom. The highest BCUT2D eigenvalue weighted by atomic mass is 35.7. The molecule has 0 heterocycles. The summed E-state index contributed by atoms with van der Waals surface area (Å²) in [4.78, 5) is 18.7. The lowest BCUT2D eigenvalue weighted by Crippen LogP contribution is -1.97. The Hall–Kier alpha value is -2.52. The van der Waals surface area contributed by atoms with Crippen LogP contribution in [0.25, 0.3) is 0 Å². The SMILES string of the molecule is O=[N+]([O-])c1ccccc1.O=[N+]([O-])c1ccccc1S(=O)(=O)Cl. The molecule has 0 saturated heterocycles. The number of nitro groups is 2. The third kappa shape index (κ3) is 5.11. The Bertz CT molecular complexity index is 779. The van der Waals surface area contributed by atoms with E-state index >= 15 is 0 Å². The van der Waals surface area contributed by atoms with E-state index in [9.17, 15) is 28.6 Å². The summed E-state index contributed by atoms with van der Waals surface area (Å²) in [7, 11) is 0.928. The second-order valence-electron chi connectivity index (χ2n) is 3.76. The van der Waals surface area contributed by atoms with Crippen LogP contribution in [0.2, 0.25) is 0 Å². The highest BCUT2D eigenvalue weighted by Gasteiger charge is 2.22. The summed E-state index contributed by atoms with van der Waals surface area (Å²) >= 11 is 0. The molecule has 0 unspecified atom stereocenters. The number of para-hydroxylation sites is 2. The van der Waals surface area contributed by atoms with Crippen molar-refractivity contribution in [3.63, 3.8) is 0 Å². The lowest BCUT2D eigenvalue weighted by atomic mass is 10.3. The fourth-order valence-electron chi connectivity index (χ4n) is 1.36. The molecule has 0 saturated carbocycles. The minimum Gasteiger partial charge on any atom is -0.258 e. The van der Waals surface area contributed by atoms with Crippen LogP contribution in [0, 0.1) is 20.2 Å². The van der Waals surface area contributed by atoms with E-state index in [-0.39, 0.29) is 5.69 Å². The summed E-state index contributed by atoms with van der Waals surface area (Å²) in [5, 5.41) is 20.4. The van der Waals surface area contributed by atoms with Gasteiger partial charge in [-0.25, -0.2) is 8.42 Å². The van der Waals surface area contributed by atoms with Gasteiger partial charge in [-0.3, -0.25) is 20.2 Å². The number of benzene rings is 2. The van der Waals surface area contributed by atoms with Crippen LogP contribution in [0.4, 0.5) is 11.4 Å². The van der Waals surface area contributed by atoms with Crippen LogP contribution in [-0.2, 0) is 9.05 Å². The number of nitro benzene ring substituents is 2. The lowest BCUT2D eigenvalue weighted by molar-refractivity contribution is -0.387. The first-order valence-electron chi connectivity index (χ1n) is 5.61. The molecule has 0 aromatic heterocycles. The molecule has 0 radical (unpaired) electrons. The summed E-state index contributed by atoms with van der Waals surface area (Å²) in [5.41, 5.74) is -0.380. The van der Waals surface area contributed by atoms with Gasteiger partial charge in [-0.15, -0.1) is 0 Å². The molecule has 0 spiro atoms. The van der Waals surface area contributed by atoms with Crippen molar-refractivity contribution in [1.29, 1.82) is 0 Å². The molecule has 0 N–H and O–H groups in total. The van der Waals surface area contributed by atoms with Gasteiger partial charge in [0.2, 0.25) is 0 Å². The Balaban J connectivity index is 0.000000235. The molecule has 0 amide bonds. The van der Waals surface area contributed by atoms with Crippen molar-refractivity contribution in [2.24, 2.45) is 0 Å². The van der Waals surface area contributed by atoms with E-state index in [1.165, 1.54) is 24.3 Å². The molecular weight excluding hydrogens is 336 g/mol. The molecular formula is C12H9ClN2O6S. The minimum atomic E-state index is -4.05. The average molecular weight is 345 g/mol. The van der Waals surface area contributed by atoms with Gasteiger partial charge < -0.3 is 0 Å². The van der Waals surface area contributed by atoms with E-state index in [4.69, 9.17) is 10.7 Å². The second-order valence-corrected chi connectivity index (χ2v) is 6.29. The number of non-ortho nitro benzene ring substituents is 1. The molecule has 8 nitrogen and oxygen atoms in total. The van der Waals surface area contributed by atoms with Crippen LogP contribution in [0.3, 0.4) is 0 Å². The number of hydrogen-bond donors (Lipinski definition) is 0. The first kappa shape index (κ1) is 17.5. The number of nitrogens with zero attached hydrogens (tertiary/aromatic N) is 2. The Morgan fingerprint density at radius 2 is 1.32 bits per heavy atom. The minimum absolute atomic E-state index is 0.137. The van der Waals surface area contributed by atoms with Crippen molar-refractivity contribution in [3.05, 3.63) is 74.8 Å². The monoisotopic (exact) mass is 344 g/mol. The topological polar surface area (TPSA) is 120 Å². The van der Waals surface area contributed by atoms with Gasteiger partial charge in [0, 0.05) is 28.9 Å². The van der Waals surface area contributed by atoms with Crippen molar-refractivity contribution in [1.82, 2.24) is 0 Å². The number of hydrogen-bond acceptors (Lipinski definition) is 6. The second kappa shape index (κ2) is 7.48. The maximum atomic E-state index is 10.8. The van der Waals surface area contributed by atoms with Crippen LogP contribution in [0.5, 0.6) is 0 Å². The van der Waals surface area contributed by atoms with Crippen molar-refractivity contribution in [2.75, 3.05) is 0 Å². The van der Waals surface area contributed by atoms with Crippen molar-refractivity contribution in [2.45, 2.75) is 4.90 Å². The zero-order chi connectivity index (χ0) is 16.8. The normalized spacial score (nSPS) is 10.2. The van der Waals surface area contributed by atoms with E-state index < -0.39 is 29.5 Å². The maximum Gasteiger partial charge on any atom is 0.289 e. The van der Waals surface area contributed by atoms with Crippen molar-refractivity contribution >= 4 is 31.1 Å². The first-order chi connectivity index (χ1) is 10.2.